The highest BCUT2D eigenvalue weighted by molar-refractivity contribution is 5.77. The third kappa shape index (κ3) is 3.62. The fourth-order valence-corrected chi connectivity index (χ4v) is 3.75. The number of benzene rings is 1. The number of nitrogens with zero attached hydrogens (tertiary/aromatic N) is 3. The molecule has 1 atom stereocenters. The van der Waals surface area contributed by atoms with Gasteiger partial charge in [0.1, 0.15) is 11.3 Å². The van der Waals surface area contributed by atoms with Crippen LogP contribution in [0.4, 0.5) is 6.01 Å². The number of fused-ring (bicyclic) bond motifs is 1. The molecule has 4 rings (SSSR count). The van der Waals surface area contributed by atoms with Crippen molar-refractivity contribution < 1.29 is 18.7 Å². The minimum absolute atomic E-state index is 0.238. The van der Waals surface area contributed by atoms with Gasteiger partial charge >= 0.3 is 0 Å². The lowest BCUT2D eigenvalue weighted by Gasteiger charge is -2.33. The molecule has 0 spiro atoms. The first kappa shape index (κ1) is 17.1. The summed E-state index contributed by atoms with van der Waals surface area (Å²) in [6, 6.07) is 6.27. The lowest BCUT2D eigenvalue weighted by Crippen LogP contribution is -2.43. The van der Waals surface area contributed by atoms with Crippen LogP contribution in [0.2, 0.25) is 0 Å². The van der Waals surface area contributed by atoms with Crippen molar-refractivity contribution in [2.75, 3.05) is 51.4 Å². The summed E-state index contributed by atoms with van der Waals surface area (Å²) in [5, 5.41) is 0. The van der Waals surface area contributed by atoms with Gasteiger partial charge in [-0.2, -0.15) is 4.98 Å². The SMILES string of the molecule is COc1ccc2oc(N3CCCC(CC(=O)N4CCOCC4)C3)nc2c1. The summed E-state index contributed by atoms with van der Waals surface area (Å²) < 4.78 is 16.5. The minimum atomic E-state index is 0.238. The van der Waals surface area contributed by atoms with Gasteiger partial charge in [-0.3, -0.25) is 4.79 Å². The number of ether oxygens (including phenoxy) is 2. The predicted octanol–water partition coefficient (Wildman–Crippen LogP) is 2.30. The molecule has 140 valence electrons. The van der Waals surface area contributed by atoms with Crippen molar-refractivity contribution in [2.24, 2.45) is 5.92 Å². The van der Waals surface area contributed by atoms with Crippen LogP contribution in [0.25, 0.3) is 11.1 Å². The van der Waals surface area contributed by atoms with Crippen LogP contribution in [-0.4, -0.2) is 62.3 Å². The number of anilines is 1. The molecule has 1 unspecified atom stereocenters. The highest BCUT2D eigenvalue weighted by atomic mass is 16.5. The van der Waals surface area contributed by atoms with Gasteiger partial charge in [0.05, 0.1) is 20.3 Å². The summed E-state index contributed by atoms with van der Waals surface area (Å²) in [4.78, 5) is 21.2. The lowest BCUT2D eigenvalue weighted by atomic mass is 9.94. The molecule has 1 aromatic heterocycles. The Morgan fingerprint density at radius 1 is 1.31 bits per heavy atom. The first-order valence-corrected chi connectivity index (χ1v) is 9.28. The van der Waals surface area contributed by atoms with Crippen molar-refractivity contribution >= 4 is 23.0 Å². The molecule has 0 radical (unpaired) electrons. The number of rotatable bonds is 4. The molecule has 7 nitrogen and oxygen atoms in total. The van der Waals surface area contributed by atoms with E-state index >= 15 is 0 Å². The van der Waals surface area contributed by atoms with E-state index in [2.05, 4.69) is 9.88 Å². The fraction of sp³-hybridized carbons (Fsp3) is 0.579. The number of methoxy groups -OCH3 is 1. The maximum absolute atomic E-state index is 12.5. The van der Waals surface area contributed by atoms with E-state index < -0.39 is 0 Å². The molecule has 7 heteroatoms. The minimum Gasteiger partial charge on any atom is -0.497 e. The van der Waals surface area contributed by atoms with Gasteiger partial charge in [0, 0.05) is 38.7 Å². The van der Waals surface area contributed by atoms with Gasteiger partial charge in [0.15, 0.2) is 5.58 Å². The van der Waals surface area contributed by atoms with Crippen LogP contribution in [0, 0.1) is 5.92 Å². The number of oxazole rings is 1. The molecule has 2 fully saturated rings. The standard InChI is InChI=1S/C19H25N3O4/c1-24-15-4-5-17-16(12-15)20-19(26-17)22-6-2-3-14(13-22)11-18(23)21-7-9-25-10-8-21/h4-5,12,14H,2-3,6-11,13H2,1H3. The van der Waals surface area contributed by atoms with Crippen LogP contribution in [0.5, 0.6) is 5.75 Å². The van der Waals surface area contributed by atoms with Crippen molar-refractivity contribution in [1.29, 1.82) is 0 Å². The van der Waals surface area contributed by atoms with E-state index in [9.17, 15) is 4.79 Å². The molecule has 2 aliphatic heterocycles. The summed E-state index contributed by atoms with van der Waals surface area (Å²) >= 11 is 0. The summed E-state index contributed by atoms with van der Waals surface area (Å²) in [6.45, 7) is 4.43. The van der Waals surface area contributed by atoms with E-state index in [0.29, 0.717) is 44.7 Å². The van der Waals surface area contributed by atoms with Gasteiger partial charge in [0.25, 0.3) is 6.01 Å². The summed E-state index contributed by atoms with van der Waals surface area (Å²) in [5.74, 6) is 1.34. The Morgan fingerprint density at radius 3 is 2.96 bits per heavy atom. The molecule has 1 amide bonds. The zero-order chi connectivity index (χ0) is 17.9. The number of amides is 1. The molecule has 2 aliphatic rings. The molecule has 0 aliphatic carbocycles. The normalized spacial score (nSPS) is 21.2. The summed E-state index contributed by atoms with van der Waals surface area (Å²) in [5.41, 5.74) is 1.55. The number of aromatic nitrogens is 1. The number of morpholine rings is 1. The summed E-state index contributed by atoms with van der Waals surface area (Å²) in [7, 11) is 1.64. The number of carbonyl (C=O) groups is 1. The van der Waals surface area contributed by atoms with Gasteiger partial charge in [0.2, 0.25) is 5.91 Å². The Morgan fingerprint density at radius 2 is 2.15 bits per heavy atom. The largest absolute Gasteiger partial charge is 0.497 e. The van der Waals surface area contributed by atoms with Gasteiger partial charge in [-0.1, -0.05) is 0 Å². The van der Waals surface area contributed by atoms with Gasteiger partial charge < -0.3 is 23.7 Å². The maximum Gasteiger partial charge on any atom is 0.298 e. The summed E-state index contributed by atoms with van der Waals surface area (Å²) in [6.07, 6.45) is 2.70. The Balaban J connectivity index is 1.42. The first-order chi connectivity index (χ1) is 12.7. The molecular weight excluding hydrogens is 334 g/mol. The third-order valence-corrected chi connectivity index (χ3v) is 5.20. The molecule has 0 saturated carbocycles. The molecule has 2 aromatic rings. The smallest absolute Gasteiger partial charge is 0.298 e. The van der Waals surface area contributed by atoms with Crippen molar-refractivity contribution in [2.45, 2.75) is 19.3 Å². The zero-order valence-electron chi connectivity index (χ0n) is 15.1. The predicted molar refractivity (Wildman–Crippen MR) is 97.5 cm³/mol. The molecule has 26 heavy (non-hydrogen) atoms. The van der Waals surface area contributed by atoms with Crippen LogP contribution in [0.1, 0.15) is 19.3 Å². The van der Waals surface area contributed by atoms with E-state index in [1.165, 1.54) is 0 Å². The Labute approximate surface area is 152 Å². The van der Waals surface area contributed by atoms with E-state index in [-0.39, 0.29) is 5.91 Å². The van der Waals surface area contributed by atoms with E-state index in [0.717, 1.165) is 42.8 Å². The third-order valence-electron chi connectivity index (χ3n) is 5.20. The average molecular weight is 359 g/mol. The molecule has 0 bridgehead atoms. The van der Waals surface area contributed by atoms with Crippen LogP contribution >= 0.6 is 0 Å². The second-order valence-corrected chi connectivity index (χ2v) is 6.98. The van der Waals surface area contributed by atoms with E-state index in [4.69, 9.17) is 13.9 Å². The zero-order valence-corrected chi connectivity index (χ0v) is 15.1. The highest BCUT2D eigenvalue weighted by Gasteiger charge is 2.27. The topological polar surface area (TPSA) is 68.0 Å². The van der Waals surface area contributed by atoms with Crippen molar-refractivity contribution in [3.63, 3.8) is 0 Å². The second kappa shape index (κ2) is 7.53. The number of piperidine rings is 1. The van der Waals surface area contributed by atoms with E-state index in [1.807, 2.05) is 23.1 Å². The Hall–Kier alpha value is -2.28. The van der Waals surface area contributed by atoms with Gasteiger partial charge in [-0.25, -0.2) is 0 Å². The molecular formula is C19H25N3O4. The van der Waals surface area contributed by atoms with Crippen molar-refractivity contribution in [1.82, 2.24) is 9.88 Å². The molecule has 1 aromatic carbocycles. The van der Waals surface area contributed by atoms with Crippen molar-refractivity contribution in [3.05, 3.63) is 18.2 Å². The van der Waals surface area contributed by atoms with Crippen LogP contribution < -0.4 is 9.64 Å². The van der Waals surface area contributed by atoms with Gasteiger partial charge in [-0.15, -0.1) is 0 Å². The second-order valence-electron chi connectivity index (χ2n) is 6.98. The molecule has 3 heterocycles. The monoisotopic (exact) mass is 359 g/mol. The molecule has 0 N–H and O–H groups in total. The quantitative estimate of drug-likeness (QED) is 0.834. The number of hydrogen-bond donors (Lipinski definition) is 0. The van der Waals surface area contributed by atoms with E-state index in [1.54, 1.807) is 7.11 Å². The van der Waals surface area contributed by atoms with Crippen LogP contribution in [0.15, 0.2) is 22.6 Å². The van der Waals surface area contributed by atoms with Gasteiger partial charge in [-0.05, 0) is 30.9 Å². The highest BCUT2D eigenvalue weighted by Crippen LogP contribution is 2.29. The lowest BCUT2D eigenvalue weighted by molar-refractivity contribution is -0.136. The van der Waals surface area contributed by atoms with Crippen LogP contribution in [-0.2, 0) is 9.53 Å². The fourth-order valence-electron chi connectivity index (χ4n) is 3.75. The average Bonchev–Trinajstić information content (AvgIpc) is 3.12. The number of hydrogen-bond acceptors (Lipinski definition) is 6. The maximum atomic E-state index is 12.5. The van der Waals surface area contributed by atoms with Crippen molar-refractivity contribution in [3.8, 4) is 5.75 Å². The first-order valence-electron chi connectivity index (χ1n) is 9.28. The number of carbonyl (C=O) groups excluding carboxylic acids is 1. The Kier molecular flexibility index (Phi) is 4.97. The Bertz CT molecular complexity index is 769. The molecule has 2 saturated heterocycles. The van der Waals surface area contributed by atoms with Crippen LogP contribution in [0.3, 0.4) is 0 Å².